The summed E-state index contributed by atoms with van der Waals surface area (Å²) < 4.78 is 5.76. The number of nitrogens with zero attached hydrogens (tertiary/aromatic N) is 1. The van der Waals surface area contributed by atoms with Gasteiger partial charge in [-0.05, 0) is 52.0 Å². The quantitative estimate of drug-likeness (QED) is 0.681. The molecule has 7 heteroatoms. The molecule has 1 aromatic rings. The standard InChI is InChI=1S/C24H35N3O4/c1-24(2,3)26-21(28)20(17-10-5-4-6-11-17)27(16-19-14-9-15-31-19)23(30)22(29)25-18-12-7-8-13-18/h4-6,10-11,18-20H,7-9,12-16H2,1-3H3,(H,25,29)(H,26,28)/t19-,20+/m0/s1. The molecule has 7 nitrogen and oxygen atoms in total. The lowest BCUT2D eigenvalue weighted by atomic mass is 10.0. The van der Waals surface area contributed by atoms with E-state index in [1.807, 2.05) is 51.1 Å². The van der Waals surface area contributed by atoms with Gasteiger partial charge in [0.15, 0.2) is 0 Å². The second-order valence-corrected chi connectivity index (χ2v) is 9.60. The highest BCUT2D eigenvalue weighted by atomic mass is 16.5. The average molecular weight is 430 g/mol. The van der Waals surface area contributed by atoms with Crippen LogP contribution in [0.1, 0.15) is 70.9 Å². The Labute approximate surface area is 184 Å². The zero-order valence-corrected chi connectivity index (χ0v) is 18.9. The van der Waals surface area contributed by atoms with E-state index in [9.17, 15) is 14.4 Å². The van der Waals surface area contributed by atoms with Gasteiger partial charge in [-0.3, -0.25) is 14.4 Å². The van der Waals surface area contributed by atoms with Crippen LogP contribution in [0.4, 0.5) is 0 Å². The van der Waals surface area contributed by atoms with Crippen LogP contribution in [-0.4, -0.2) is 53.5 Å². The molecule has 1 aliphatic heterocycles. The highest BCUT2D eigenvalue weighted by Gasteiger charge is 2.38. The Kier molecular flexibility index (Phi) is 7.70. The molecular formula is C24H35N3O4. The third-order valence-electron chi connectivity index (χ3n) is 5.74. The summed E-state index contributed by atoms with van der Waals surface area (Å²) in [6.07, 6.45) is 5.41. The average Bonchev–Trinajstić information content (AvgIpc) is 3.40. The first-order chi connectivity index (χ1) is 14.7. The van der Waals surface area contributed by atoms with Crippen molar-refractivity contribution in [2.45, 2.75) is 83.0 Å². The lowest BCUT2D eigenvalue weighted by molar-refractivity contribution is -0.151. The number of carbonyl (C=O) groups is 3. The minimum absolute atomic E-state index is 0.0274. The molecule has 1 aromatic carbocycles. The predicted molar refractivity (Wildman–Crippen MR) is 118 cm³/mol. The fourth-order valence-electron chi connectivity index (χ4n) is 4.31. The molecule has 1 aliphatic carbocycles. The summed E-state index contributed by atoms with van der Waals surface area (Å²) in [5.41, 5.74) is 0.193. The van der Waals surface area contributed by atoms with Crippen molar-refractivity contribution in [2.75, 3.05) is 13.2 Å². The second-order valence-electron chi connectivity index (χ2n) is 9.60. The molecule has 0 spiro atoms. The van der Waals surface area contributed by atoms with Gasteiger partial charge in [0.2, 0.25) is 5.91 Å². The zero-order valence-electron chi connectivity index (χ0n) is 18.9. The number of ether oxygens (including phenoxy) is 1. The number of hydrogen-bond acceptors (Lipinski definition) is 4. The Morgan fingerprint density at radius 3 is 2.32 bits per heavy atom. The Morgan fingerprint density at radius 2 is 1.74 bits per heavy atom. The number of amides is 3. The van der Waals surface area contributed by atoms with Gasteiger partial charge in [-0.1, -0.05) is 43.2 Å². The molecule has 2 N–H and O–H groups in total. The molecule has 2 atom stereocenters. The molecule has 3 amide bonds. The number of benzene rings is 1. The summed E-state index contributed by atoms with van der Waals surface area (Å²) in [4.78, 5) is 41.0. The third-order valence-corrected chi connectivity index (χ3v) is 5.74. The second kappa shape index (κ2) is 10.3. The van der Waals surface area contributed by atoms with Gasteiger partial charge in [0.05, 0.1) is 6.10 Å². The van der Waals surface area contributed by atoms with E-state index < -0.39 is 23.4 Å². The van der Waals surface area contributed by atoms with Crippen LogP contribution in [0.3, 0.4) is 0 Å². The molecule has 3 rings (SSSR count). The van der Waals surface area contributed by atoms with E-state index in [-0.39, 0.29) is 24.6 Å². The minimum atomic E-state index is -0.911. The predicted octanol–water partition coefficient (Wildman–Crippen LogP) is 2.71. The van der Waals surface area contributed by atoms with E-state index in [0.717, 1.165) is 38.5 Å². The fraction of sp³-hybridized carbons (Fsp3) is 0.625. The molecule has 0 aromatic heterocycles. The smallest absolute Gasteiger partial charge is 0.312 e. The van der Waals surface area contributed by atoms with Gasteiger partial charge in [-0.15, -0.1) is 0 Å². The molecule has 0 bridgehead atoms. The van der Waals surface area contributed by atoms with Gasteiger partial charge in [0.25, 0.3) is 0 Å². The molecule has 1 saturated heterocycles. The van der Waals surface area contributed by atoms with E-state index in [1.165, 1.54) is 4.90 Å². The van der Waals surface area contributed by atoms with E-state index in [0.29, 0.717) is 12.2 Å². The molecule has 0 radical (unpaired) electrons. The van der Waals surface area contributed by atoms with Crippen molar-refractivity contribution in [1.29, 1.82) is 0 Å². The molecule has 0 unspecified atom stereocenters. The van der Waals surface area contributed by atoms with E-state index >= 15 is 0 Å². The monoisotopic (exact) mass is 429 g/mol. The maximum absolute atomic E-state index is 13.4. The maximum atomic E-state index is 13.4. The van der Waals surface area contributed by atoms with Gasteiger partial charge < -0.3 is 20.3 Å². The van der Waals surface area contributed by atoms with Crippen LogP contribution in [0.15, 0.2) is 30.3 Å². The molecular weight excluding hydrogens is 394 g/mol. The third kappa shape index (κ3) is 6.53. The van der Waals surface area contributed by atoms with Gasteiger partial charge in [-0.25, -0.2) is 0 Å². The maximum Gasteiger partial charge on any atom is 0.312 e. The van der Waals surface area contributed by atoms with Crippen LogP contribution in [0.25, 0.3) is 0 Å². The first kappa shape index (κ1) is 23.3. The summed E-state index contributed by atoms with van der Waals surface area (Å²) in [5.74, 6) is -1.63. The van der Waals surface area contributed by atoms with Crippen molar-refractivity contribution >= 4 is 17.7 Å². The van der Waals surface area contributed by atoms with Crippen LogP contribution >= 0.6 is 0 Å². The van der Waals surface area contributed by atoms with Crippen molar-refractivity contribution in [3.63, 3.8) is 0 Å². The molecule has 1 heterocycles. The van der Waals surface area contributed by atoms with Crippen molar-refractivity contribution in [1.82, 2.24) is 15.5 Å². The largest absolute Gasteiger partial charge is 0.376 e. The van der Waals surface area contributed by atoms with E-state index in [4.69, 9.17) is 4.74 Å². The van der Waals surface area contributed by atoms with Crippen LogP contribution in [0.2, 0.25) is 0 Å². The number of hydrogen-bond donors (Lipinski definition) is 2. The van der Waals surface area contributed by atoms with Crippen LogP contribution in [0, 0.1) is 0 Å². The zero-order chi connectivity index (χ0) is 22.4. The molecule has 1 saturated carbocycles. The Hall–Kier alpha value is -2.41. The molecule has 31 heavy (non-hydrogen) atoms. The normalized spacial score (nSPS) is 20.3. The van der Waals surface area contributed by atoms with Crippen molar-refractivity contribution in [3.8, 4) is 0 Å². The van der Waals surface area contributed by atoms with Crippen molar-refractivity contribution < 1.29 is 19.1 Å². The summed E-state index contributed by atoms with van der Waals surface area (Å²) in [5, 5.41) is 5.86. The van der Waals surface area contributed by atoms with Gasteiger partial charge in [-0.2, -0.15) is 0 Å². The fourth-order valence-corrected chi connectivity index (χ4v) is 4.31. The number of rotatable bonds is 6. The highest BCUT2D eigenvalue weighted by Crippen LogP contribution is 2.26. The summed E-state index contributed by atoms with van der Waals surface area (Å²) in [6, 6.07) is 8.28. The highest BCUT2D eigenvalue weighted by molar-refractivity contribution is 6.35. The van der Waals surface area contributed by atoms with Gasteiger partial charge in [0.1, 0.15) is 6.04 Å². The molecule has 2 fully saturated rings. The van der Waals surface area contributed by atoms with Gasteiger partial charge in [0, 0.05) is 24.7 Å². The van der Waals surface area contributed by atoms with Crippen LogP contribution < -0.4 is 10.6 Å². The lowest BCUT2D eigenvalue weighted by Gasteiger charge is -2.34. The Bertz CT molecular complexity index is 763. The topological polar surface area (TPSA) is 87.7 Å². The summed E-state index contributed by atoms with van der Waals surface area (Å²) >= 11 is 0. The van der Waals surface area contributed by atoms with Crippen LogP contribution in [0.5, 0.6) is 0 Å². The SMILES string of the molecule is CC(C)(C)NC(=O)[C@@H](c1ccccc1)N(C[C@@H]1CCCO1)C(=O)C(=O)NC1CCCC1. The summed E-state index contributed by atoms with van der Waals surface area (Å²) in [6.45, 7) is 6.52. The molecule has 170 valence electrons. The first-order valence-corrected chi connectivity index (χ1v) is 11.3. The summed E-state index contributed by atoms with van der Waals surface area (Å²) in [7, 11) is 0. The Morgan fingerprint density at radius 1 is 1.06 bits per heavy atom. The number of carbonyl (C=O) groups excluding carboxylic acids is 3. The molecule has 2 aliphatic rings. The number of nitrogens with one attached hydrogen (secondary N) is 2. The van der Waals surface area contributed by atoms with E-state index in [2.05, 4.69) is 10.6 Å². The van der Waals surface area contributed by atoms with E-state index in [1.54, 1.807) is 0 Å². The minimum Gasteiger partial charge on any atom is -0.376 e. The van der Waals surface area contributed by atoms with Crippen molar-refractivity contribution in [3.05, 3.63) is 35.9 Å². The first-order valence-electron chi connectivity index (χ1n) is 11.3. The lowest BCUT2D eigenvalue weighted by Crippen LogP contribution is -2.54. The van der Waals surface area contributed by atoms with Gasteiger partial charge >= 0.3 is 11.8 Å². The Balaban J connectivity index is 1.90. The van der Waals surface area contributed by atoms with Crippen LogP contribution in [-0.2, 0) is 19.1 Å². The van der Waals surface area contributed by atoms with Crippen molar-refractivity contribution in [2.24, 2.45) is 0 Å².